The molecule has 0 saturated carbocycles. The summed E-state index contributed by atoms with van der Waals surface area (Å²) in [6, 6.07) is 1.81. The highest BCUT2D eigenvalue weighted by Crippen LogP contribution is 2.14. The normalized spacial score (nSPS) is 10.9. The number of hydrogen-bond acceptors (Lipinski definition) is 5. The SMILES string of the molecule is CCNCCC(=O)N(C)Cc1nc2ccsc2c(=O)[nH]1. The van der Waals surface area contributed by atoms with Gasteiger partial charge in [0.05, 0.1) is 12.1 Å². The van der Waals surface area contributed by atoms with Crippen LogP contribution in [0.3, 0.4) is 0 Å². The van der Waals surface area contributed by atoms with Crippen LogP contribution >= 0.6 is 11.3 Å². The summed E-state index contributed by atoms with van der Waals surface area (Å²) in [4.78, 5) is 32.4. The smallest absolute Gasteiger partial charge is 0.268 e. The van der Waals surface area contributed by atoms with Crippen LogP contribution in [0.25, 0.3) is 10.2 Å². The monoisotopic (exact) mass is 294 g/mol. The number of nitrogens with zero attached hydrogens (tertiary/aromatic N) is 2. The maximum atomic E-state index is 11.9. The fourth-order valence-electron chi connectivity index (χ4n) is 1.87. The number of amides is 1. The quantitative estimate of drug-likeness (QED) is 0.777. The van der Waals surface area contributed by atoms with Crippen LogP contribution in [0.4, 0.5) is 0 Å². The highest BCUT2D eigenvalue weighted by molar-refractivity contribution is 7.17. The van der Waals surface area contributed by atoms with E-state index in [1.54, 1.807) is 11.9 Å². The molecule has 0 radical (unpaired) electrons. The first-order valence-corrected chi connectivity index (χ1v) is 7.41. The zero-order valence-corrected chi connectivity index (χ0v) is 12.4. The van der Waals surface area contributed by atoms with Crippen molar-refractivity contribution in [2.24, 2.45) is 0 Å². The Morgan fingerprint density at radius 1 is 1.55 bits per heavy atom. The molecule has 0 aliphatic rings. The zero-order valence-electron chi connectivity index (χ0n) is 11.6. The van der Waals surface area contributed by atoms with Crippen molar-refractivity contribution in [2.75, 3.05) is 20.1 Å². The number of carbonyl (C=O) groups is 1. The standard InChI is InChI=1S/C13H18N4O2S/c1-3-14-6-4-11(18)17(2)8-10-15-9-5-7-20-12(9)13(19)16-10/h5,7,14H,3-4,6,8H2,1-2H3,(H,15,16,19). The summed E-state index contributed by atoms with van der Waals surface area (Å²) in [5, 5.41) is 4.94. The fourth-order valence-corrected chi connectivity index (χ4v) is 2.60. The maximum absolute atomic E-state index is 11.9. The summed E-state index contributed by atoms with van der Waals surface area (Å²) in [6.45, 7) is 3.82. The van der Waals surface area contributed by atoms with Gasteiger partial charge < -0.3 is 15.2 Å². The molecule has 0 fully saturated rings. The first kappa shape index (κ1) is 14.7. The molecule has 2 aromatic heterocycles. The van der Waals surface area contributed by atoms with Crippen LogP contribution in [0, 0.1) is 0 Å². The number of carbonyl (C=O) groups excluding carboxylic acids is 1. The summed E-state index contributed by atoms with van der Waals surface area (Å²) in [5.74, 6) is 0.541. The second-order valence-corrected chi connectivity index (χ2v) is 5.42. The second kappa shape index (κ2) is 6.62. The molecule has 6 nitrogen and oxygen atoms in total. The summed E-state index contributed by atoms with van der Waals surface area (Å²) < 4.78 is 0.620. The van der Waals surface area contributed by atoms with Gasteiger partial charge in [0.25, 0.3) is 5.56 Å². The molecule has 0 aromatic carbocycles. The van der Waals surface area contributed by atoms with Crippen LogP contribution < -0.4 is 10.9 Å². The van der Waals surface area contributed by atoms with E-state index >= 15 is 0 Å². The lowest BCUT2D eigenvalue weighted by molar-refractivity contribution is -0.130. The number of H-pyrrole nitrogens is 1. The van der Waals surface area contributed by atoms with Gasteiger partial charge in [0.1, 0.15) is 10.5 Å². The van der Waals surface area contributed by atoms with E-state index in [2.05, 4.69) is 15.3 Å². The minimum Gasteiger partial charge on any atom is -0.338 e. The predicted octanol–water partition coefficient (Wildman–Crippen LogP) is 0.943. The zero-order chi connectivity index (χ0) is 14.5. The first-order valence-electron chi connectivity index (χ1n) is 6.53. The molecule has 7 heteroatoms. The number of thiophene rings is 1. The van der Waals surface area contributed by atoms with E-state index < -0.39 is 0 Å². The van der Waals surface area contributed by atoms with Crippen molar-refractivity contribution >= 4 is 27.5 Å². The van der Waals surface area contributed by atoms with Gasteiger partial charge in [-0.2, -0.15) is 0 Å². The molecule has 0 unspecified atom stereocenters. The summed E-state index contributed by atoms with van der Waals surface area (Å²) in [5.41, 5.74) is 0.538. The van der Waals surface area contributed by atoms with Crippen LogP contribution in [0.2, 0.25) is 0 Å². The van der Waals surface area contributed by atoms with Gasteiger partial charge in [0.2, 0.25) is 5.91 Å². The Bertz CT molecular complexity index is 649. The van der Waals surface area contributed by atoms with Gasteiger partial charge in [-0.25, -0.2) is 4.98 Å². The molecule has 2 rings (SSSR count). The van der Waals surface area contributed by atoms with Gasteiger partial charge in [-0.1, -0.05) is 6.92 Å². The van der Waals surface area contributed by atoms with Gasteiger partial charge in [-0.15, -0.1) is 11.3 Å². The lowest BCUT2D eigenvalue weighted by Crippen LogP contribution is -2.30. The second-order valence-electron chi connectivity index (χ2n) is 4.50. The number of rotatable bonds is 6. The lowest BCUT2D eigenvalue weighted by Gasteiger charge is -2.16. The molecule has 0 aliphatic carbocycles. The molecule has 1 amide bonds. The molecule has 0 saturated heterocycles. The van der Waals surface area contributed by atoms with Crippen LogP contribution in [0.5, 0.6) is 0 Å². The minimum absolute atomic E-state index is 0.0269. The number of aromatic amines is 1. The van der Waals surface area contributed by atoms with E-state index in [1.165, 1.54) is 11.3 Å². The molecule has 2 heterocycles. The van der Waals surface area contributed by atoms with E-state index in [-0.39, 0.29) is 11.5 Å². The number of fused-ring (bicyclic) bond motifs is 1. The molecular weight excluding hydrogens is 276 g/mol. The molecule has 0 spiro atoms. The summed E-state index contributed by atoms with van der Waals surface area (Å²) >= 11 is 1.37. The maximum Gasteiger partial charge on any atom is 0.268 e. The molecule has 108 valence electrons. The van der Waals surface area contributed by atoms with Crippen molar-refractivity contribution in [1.82, 2.24) is 20.2 Å². The van der Waals surface area contributed by atoms with E-state index in [1.807, 2.05) is 18.4 Å². The number of aromatic nitrogens is 2. The Hall–Kier alpha value is -1.73. The Morgan fingerprint density at radius 3 is 3.10 bits per heavy atom. The van der Waals surface area contributed by atoms with Gasteiger partial charge in [-0.3, -0.25) is 9.59 Å². The van der Waals surface area contributed by atoms with Crippen molar-refractivity contribution in [1.29, 1.82) is 0 Å². The molecule has 0 bridgehead atoms. The van der Waals surface area contributed by atoms with Gasteiger partial charge in [0.15, 0.2) is 0 Å². The fraction of sp³-hybridized carbons (Fsp3) is 0.462. The minimum atomic E-state index is -0.145. The molecular formula is C13H18N4O2S. The van der Waals surface area contributed by atoms with E-state index in [9.17, 15) is 9.59 Å². The molecule has 0 aliphatic heterocycles. The topological polar surface area (TPSA) is 78.1 Å². The first-order chi connectivity index (χ1) is 9.61. The largest absolute Gasteiger partial charge is 0.338 e. The average Bonchev–Trinajstić information content (AvgIpc) is 2.87. The molecule has 2 N–H and O–H groups in total. The van der Waals surface area contributed by atoms with Gasteiger partial charge in [0, 0.05) is 20.0 Å². The highest BCUT2D eigenvalue weighted by atomic mass is 32.1. The Balaban J connectivity index is 2.03. The Morgan fingerprint density at radius 2 is 2.35 bits per heavy atom. The molecule has 20 heavy (non-hydrogen) atoms. The average molecular weight is 294 g/mol. The van der Waals surface area contributed by atoms with Crippen LogP contribution in [-0.2, 0) is 11.3 Å². The Labute approximate surface area is 120 Å². The van der Waals surface area contributed by atoms with E-state index in [0.717, 1.165) is 6.54 Å². The van der Waals surface area contributed by atoms with E-state index in [0.29, 0.717) is 35.6 Å². The van der Waals surface area contributed by atoms with Crippen molar-refractivity contribution in [3.05, 3.63) is 27.6 Å². The van der Waals surface area contributed by atoms with Crippen molar-refractivity contribution in [3.63, 3.8) is 0 Å². The van der Waals surface area contributed by atoms with Crippen LogP contribution in [-0.4, -0.2) is 40.9 Å². The summed E-state index contributed by atoms with van der Waals surface area (Å²) in [6.07, 6.45) is 0.440. The number of nitrogens with one attached hydrogen (secondary N) is 2. The predicted molar refractivity (Wildman–Crippen MR) is 79.9 cm³/mol. The lowest BCUT2D eigenvalue weighted by atomic mass is 10.3. The van der Waals surface area contributed by atoms with Crippen LogP contribution in [0.1, 0.15) is 19.2 Å². The van der Waals surface area contributed by atoms with Gasteiger partial charge in [-0.05, 0) is 18.0 Å². The molecule has 2 aromatic rings. The van der Waals surface area contributed by atoms with Crippen molar-refractivity contribution < 1.29 is 4.79 Å². The third-order valence-electron chi connectivity index (χ3n) is 2.94. The van der Waals surface area contributed by atoms with Crippen LogP contribution in [0.15, 0.2) is 16.2 Å². The summed E-state index contributed by atoms with van der Waals surface area (Å²) in [7, 11) is 1.71. The van der Waals surface area contributed by atoms with E-state index in [4.69, 9.17) is 0 Å². The van der Waals surface area contributed by atoms with Gasteiger partial charge >= 0.3 is 0 Å². The number of hydrogen-bond donors (Lipinski definition) is 2. The molecule has 0 atom stereocenters. The van der Waals surface area contributed by atoms with Crippen molar-refractivity contribution in [2.45, 2.75) is 19.9 Å². The third-order valence-corrected chi connectivity index (χ3v) is 3.84. The third kappa shape index (κ3) is 3.43. The van der Waals surface area contributed by atoms with Crippen molar-refractivity contribution in [3.8, 4) is 0 Å². The Kier molecular flexibility index (Phi) is 4.86. The highest BCUT2D eigenvalue weighted by Gasteiger charge is 2.11.